The van der Waals surface area contributed by atoms with Gasteiger partial charge >= 0.3 is 0 Å². The summed E-state index contributed by atoms with van der Waals surface area (Å²) in [6.07, 6.45) is 1.24. The minimum absolute atomic E-state index is 0.613. The number of aryl methyl sites for hydroxylation is 2. The van der Waals surface area contributed by atoms with Gasteiger partial charge in [-0.1, -0.05) is 13.8 Å². The molecule has 0 aromatic carbocycles. The molecule has 0 aliphatic carbocycles. The Balaban J connectivity index is 2.04. The average Bonchev–Trinajstić information content (AvgIpc) is 2.59. The lowest BCUT2D eigenvalue weighted by Crippen LogP contribution is -2.41. The molecule has 1 aliphatic rings. The minimum Gasteiger partial charge on any atom is -0.312 e. The molecule has 0 amide bonds. The molecule has 2 heterocycles. The van der Waals surface area contributed by atoms with Gasteiger partial charge in [0.2, 0.25) is 0 Å². The van der Waals surface area contributed by atoms with Crippen molar-refractivity contribution in [2.75, 3.05) is 19.6 Å². The molecule has 19 heavy (non-hydrogen) atoms. The summed E-state index contributed by atoms with van der Waals surface area (Å²) in [5.74, 6) is 0.693. The Bertz CT molecular complexity index is 397. The highest BCUT2D eigenvalue weighted by atomic mass is 15.3. The van der Waals surface area contributed by atoms with Gasteiger partial charge in [-0.05, 0) is 45.3 Å². The molecule has 1 aliphatic heterocycles. The Labute approximate surface area is 117 Å². The van der Waals surface area contributed by atoms with Gasteiger partial charge in [0.05, 0.1) is 11.4 Å². The Morgan fingerprint density at radius 1 is 1.47 bits per heavy atom. The largest absolute Gasteiger partial charge is 0.312 e. The van der Waals surface area contributed by atoms with Crippen molar-refractivity contribution in [1.29, 1.82) is 0 Å². The fourth-order valence-electron chi connectivity index (χ4n) is 2.84. The number of nitrogens with one attached hydrogen (secondary N) is 1. The van der Waals surface area contributed by atoms with Gasteiger partial charge in [-0.15, -0.1) is 0 Å². The van der Waals surface area contributed by atoms with Crippen LogP contribution in [0.4, 0.5) is 0 Å². The van der Waals surface area contributed by atoms with Gasteiger partial charge in [0.1, 0.15) is 0 Å². The van der Waals surface area contributed by atoms with Crippen LogP contribution in [0.15, 0.2) is 6.07 Å². The Hall–Kier alpha value is -0.870. The number of hydrogen-bond donors (Lipinski definition) is 1. The van der Waals surface area contributed by atoms with E-state index in [1.165, 1.54) is 18.7 Å². The lowest BCUT2D eigenvalue weighted by molar-refractivity contribution is 0.232. The van der Waals surface area contributed by atoms with Gasteiger partial charge in [0, 0.05) is 25.7 Å². The van der Waals surface area contributed by atoms with Crippen LogP contribution in [0.1, 0.15) is 38.6 Å². The quantitative estimate of drug-likeness (QED) is 0.903. The first-order valence-corrected chi connectivity index (χ1v) is 7.59. The van der Waals surface area contributed by atoms with Crippen LogP contribution < -0.4 is 5.32 Å². The van der Waals surface area contributed by atoms with Gasteiger partial charge < -0.3 is 5.32 Å². The summed E-state index contributed by atoms with van der Waals surface area (Å²) >= 11 is 0. The third-order valence-corrected chi connectivity index (χ3v) is 3.99. The van der Waals surface area contributed by atoms with Crippen LogP contribution in [0, 0.1) is 12.8 Å². The molecule has 4 heteroatoms. The minimum atomic E-state index is 0.613. The van der Waals surface area contributed by atoms with Crippen LogP contribution >= 0.6 is 0 Å². The van der Waals surface area contributed by atoms with Crippen molar-refractivity contribution in [3.63, 3.8) is 0 Å². The molecule has 1 aromatic rings. The molecule has 1 saturated heterocycles. The summed E-state index contributed by atoms with van der Waals surface area (Å²) in [6, 6.07) is 2.84. The van der Waals surface area contributed by atoms with E-state index >= 15 is 0 Å². The van der Waals surface area contributed by atoms with Crippen LogP contribution in [0.5, 0.6) is 0 Å². The number of nitrogens with zero attached hydrogens (tertiary/aromatic N) is 3. The first-order chi connectivity index (χ1) is 9.10. The summed E-state index contributed by atoms with van der Waals surface area (Å²) in [4.78, 5) is 2.58. The fraction of sp³-hybridized carbons (Fsp3) is 0.800. The zero-order chi connectivity index (χ0) is 13.8. The van der Waals surface area contributed by atoms with Crippen LogP contribution in [-0.4, -0.2) is 40.4 Å². The first kappa shape index (κ1) is 14.5. The molecule has 1 atom stereocenters. The summed E-state index contributed by atoms with van der Waals surface area (Å²) < 4.78 is 2.14. The van der Waals surface area contributed by atoms with E-state index < -0.39 is 0 Å². The maximum Gasteiger partial charge on any atom is 0.0597 e. The number of rotatable bonds is 4. The molecule has 4 nitrogen and oxygen atoms in total. The van der Waals surface area contributed by atoms with Gasteiger partial charge in [0.15, 0.2) is 0 Å². The molecule has 0 spiro atoms. The third-order valence-electron chi connectivity index (χ3n) is 3.99. The molecule has 1 aromatic heterocycles. The molecule has 1 N–H and O–H groups in total. The molecule has 1 unspecified atom stereocenters. The van der Waals surface area contributed by atoms with Crippen molar-refractivity contribution in [3.05, 3.63) is 17.5 Å². The van der Waals surface area contributed by atoms with E-state index in [0.717, 1.165) is 31.9 Å². The van der Waals surface area contributed by atoms with E-state index in [1.807, 2.05) is 0 Å². The fourth-order valence-corrected chi connectivity index (χ4v) is 2.84. The number of aromatic nitrogens is 2. The van der Waals surface area contributed by atoms with E-state index in [0.29, 0.717) is 12.0 Å². The summed E-state index contributed by atoms with van der Waals surface area (Å²) in [5.41, 5.74) is 2.48. The SMILES string of the molecule is CCn1nc(C)cc1CN1CCCNC(C(C)C)C1. The Morgan fingerprint density at radius 2 is 2.26 bits per heavy atom. The summed E-state index contributed by atoms with van der Waals surface area (Å²) in [6.45, 7) is 14.3. The monoisotopic (exact) mass is 264 g/mol. The molecule has 0 radical (unpaired) electrons. The van der Waals surface area contributed by atoms with Crippen molar-refractivity contribution in [1.82, 2.24) is 20.0 Å². The third kappa shape index (κ3) is 3.80. The highest BCUT2D eigenvalue weighted by Crippen LogP contribution is 2.13. The average molecular weight is 264 g/mol. The maximum absolute atomic E-state index is 4.55. The highest BCUT2D eigenvalue weighted by Gasteiger charge is 2.21. The molecule has 1 fully saturated rings. The molecule has 2 rings (SSSR count). The molecule has 108 valence electrons. The molecule has 0 bridgehead atoms. The van der Waals surface area contributed by atoms with E-state index in [9.17, 15) is 0 Å². The predicted molar refractivity (Wildman–Crippen MR) is 79.2 cm³/mol. The number of hydrogen-bond acceptors (Lipinski definition) is 3. The zero-order valence-electron chi connectivity index (χ0n) is 12.8. The topological polar surface area (TPSA) is 33.1 Å². The zero-order valence-corrected chi connectivity index (χ0v) is 12.8. The Kier molecular flexibility index (Phi) is 4.99. The highest BCUT2D eigenvalue weighted by molar-refractivity contribution is 5.09. The second-order valence-corrected chi connectivity index (χ2v) is 5.99. The predicted octanol–water partition coefficient (Wildman–Crippen LogP) is 2.03. The van der Waals surface area contributed by atoms with Crippen LogP contribution in [0.25, 0.3) is 0 Å². The molecule has 0 saturated carbocycles. The standard InChI is InChI=1S/C15H28N4/c1-5-19-14(9-13(4)17-19)10-18-8-6-7-16-15(11-18)12(2)3/h9,12,15-16H,5-8,10-11H2,1-4H3. The van der Waals surface area contributed by atoms with Gasteiger partial charge in [-0.2, -0.15) is 5.10 Å². The van der Waals surface area contributed by atoms with Crippen LogP contribution in [0.3, 0.4) is 0 Å². The van der Waals surface area contributed by atoms with Crippen molar-refractivity contribution in [2.24, 2.45) is 5.92 Å². The summed E-state index contributed by atoms with van der Waals surface area (Å²) in [7, 11) is 0. The second-order valence-electron chi connectivity index (χ2n) is 5.99. The second kappa shape index (κ2) is 6.53. The van der Waals surface area contributed by atoms with Gasteiger partial charge in [-0.25, -0.2) is 0 Å². The van der Waals surface area contributed by atoms with Crippen molar-refractivity contribution >= 4 is 0 Å². The molecular weight excluding hydrogens is 236 g/mol. The van der Waals surface area contributed by atoms with E-state index in [1.54, 1.807) is 0 Å². The lowest BCUT2D eigenvalue weighted by atomic mass is 10.0. The normalized spacial score (nSPS) is 21.8. The van der Waals surface area contributed by atoms with E-state index in [2.05, 4.69) is 53.8 Å². The smallest absolute Gasteiger partial charge is 0.0597 e. The first-order valence-electron chi connectivity index (χ1n) is 7.59. The van der Waals surface area contributed by atoms with Crippen LogP contribution in [0.2, 0.25) is 0 Å². The maximum atomic E-state index is 4.55. The molecular formula is C15H28N4. The van der Waals surface area contributed by atoms with Gasteiger partial charge in [-0.3, -0.25) is 9.58 Å². The van der Waals surface area contributed by atoms with Crippen molar-refractivity contribution in [2.45, 2.75) is 53.2 Å². The lowest BCUT2D eigenvalue weighted by Gasteiger charge is -2.26. The van der Waals surface area contributed by atoms with E-state index in [-0.39, 0.29) is 0 Å². The van der Waals surface area contributed by atoms with Crippen molar-refractivity contribution in [3.8, 4) is 0 Å². The van der Waals surface area contributed by atoms with Crippen molar-refractivity contribution < 1.29 is 0 Å². The van der Waals surface area contributed by atoms with Gasteiger partial charge in [0.25, 0.3) is 0 Å². The van der Waals surface area contributed by atoms with E-state index in [4.69, 9.17) is 0 Å². The summed E-state index contributed by atoms with van der Waals surface area (Å²) in [5, 5.41) is 8.21. The van der Waals surface area contributed by atoms with Crippen LogP contribution in [-0.2, 0) is 13.1 Å². The Morgan fingerprint density at radius 3 is 2.95 bits per heavy atom.